The van der Waals surface area contributed by atoms with E-state index in [1.54, 1.807) is 6.33 Å². The van der Waals surface area contributed by atoms with Gasteiger partial charge in [0, 0.05) is 23.5 Å². The van der Waals surface area contributed by atoms with Gasteiger partial charge in [-0.3, -0.25) is 0 Å². The molecule has 130 valence electrons. The van der Waals surface area contributed by atoms with Gasteiger partial charge in [-0.1, -0.05) is 28.1 Å². The maximum Gasteiger partial charge on any atom is 0.140 e. The number of aryl methyl sites for hydroxylation is 1. The van der Waals surface area contributed by atoms with Gasteiger partial charge in [-0.25, -0.2) is 15.0 Å². The van der Waals surface area contributed by atoms with Crippen molar-refractivity contribution in [2.24, 2.45) is 7.05 Å². The maximum absolute atomic E-state index is 4.94. The van der Waals surface area contributed by atoms with E-state index in [9.17, 15) is 0 Å². The molecule has 6 heteroatoms. The van der Waals surface area contributed by atoms with Gasteiger partial charge in [-0.15, -0.1) is 0 Å². The van der Waals surface area contributed by atoms with Gasteiger partial charge in [0.1, 0.15) is 18.0 Å². The SMILES string of the molecule is Cn1c([C@H]2CCCN2c2ncnc3ccc(Br)cc23)nc2ccccc21. The number of hydrogen-bond donors (Lipinski definition) is 0. The Morgan fingerprint density at radius 2 is 1.96 bits per heavy atom. The molecule has 0 N–H and O–H groups in total. The Labute approximate surface area is 159 Å². The fourth-order valence-corrected chi connectivity index (χ4v) is 4.36. The minimum Gasteiger partial charge on any atom is -0.346 e. The second-order valence-electron chi connectivity index (χ2n) is 6.73. The molecule has 5 nitrogen and oxygen atoms in total. The molecule has 0 saturated carbocycles. The van der Waals surface area contributed by atoms with Crippen LogP contribution in [0, 0.1) is 0 Å². The van der Waals surface area contributed by atoms with Gasteiger partial charge in [0.15, 0.2) is 0 Å². The number of rotatable bonds is 2. The van der Waals surface area contributed by atoms with Crippen molar-refractivity contribution in [3.8, 4) is 0 Å². The molecule has 3 heterocycles. The summed E-state index contributed by atoms with van der Waals surface area (Å²) in [6, 6.07) is 14.7. The smallest absolute Gasteiger partial charge is 0.140 e. The first-order valence-electron chi connectivity index (χ1n) is 8.80. The van der Waals surface area contributed by atoms with E-state index < -0.39 is 0 Å². The first-order chi connectivity index (χ1) is 12.7. The van der Waals surface area contributed by atoms with Crippen LogP contribution in [0.5, 0.6) is 0 Å². The third-order valence-electron chi connectivity index (χ3n) is 5.22. The average Bonchev–Trinajstić information content (AvgIpc) is 3.26. The van der Waals surface area contributed by atoms with Crippen LogP contribution in [-0.4, -0.2) is 26.1 Å². The molecule has 2 aromatic carbocycles. The van der Waals surface area contributed by atoms with E-state index in [4.69, 9.17) is 4.98 Å². The number of benzene rings is 2. The molecule has 4 aromatic rings. The molecule has 0 amide bonds. The van der Waals surface area contributed by atoms with E-state index >= 15 is 0 Å². The number of imidazole rings is 1. The number of aromatic nitrogens is 4. The highest BCUT2D eigenvalue weighted by Gasteiger charge is 2.31. The van der Waals surface area contributed by atoms with Crippen LogP contribution < -0.4 is 4.90 Å². The second kappa shape index (κ2) is 6.06. The number of hydrogen-bond acceptors (Lipinski definition) is 4. The summed E-state index contributed by atoms with van der Waals surface area (Å²) >= 11 is 3.58. The summed E-state index contributed by atoms with van der Waals surface area (Å²) < 4.78 is 3.26. The molecular formula is C20H18BrN5. The Bertz CT molecular complexity index is 1120. The molecule has 0 unspecified atom stereocenters. The Kier molecular flexibility index (Phi) is 3.67. The van der Waals surface area contributed by atoms with E-state index in [2.05, 4.69) is 66.7 Å². The molecule has 0 spiro atoms. The van der Waals surface area contributed by atoms with Crippen LogP contribution >= 0.6 is 15.9 Å². The van der Waals surface area contributed by atoms with Gasteiger partial charge >= 0.3 is 0 Å². The summed E-state index contributed by atoms with van der Waals surface area (Å²) in [5.74, 6) is 2.09. The Hall–Kier alpha value is -2.47. The fourth-order valence-electron chi connectivity index (χ4n) is 3.99. The fraction of sp³-hybridized carbons (Fsp3) is 0.250. The molecule has 2 aromatic heterocycles. The van der Waals surface area contributed by atoms with Gasteiger partial charge in [0.25, 0.3) is 0 Å². The van der Waals surface area contributed by atoms with E-state index in [0.29, 0.717) is 0 Å². The maximum atomic E-state index is 4.94. The highest BCUT2D eigenvalue weighted by molar-refractivity contribution is 9.10. The zero-order chi connectivity index (χ0) is 17.7. The molecule has 1 fully saturated rings. The molecule has 5 rings (SSSR count). The van der Waals surface area contributed by atoms with Crippen LogP contribution in [0.3, 0.4) is 0 Å². The monoisotopic (exact) mass is 407 g/mol. The van der Waals surface area contributed by atoms with Crippen molar-refractivity contribution in [3.05, 3.63) is 59.1 Å². The van der Waals surface area contributed by atoms with Crippen molar-refractivity contribution < 1.29 is 0 Å². The lowest BCUT2D eigenvalue weighted by molar-refractivity contribution is 0.634. The molecule has 1 saturated heterocycles. The number of para-hydroxylation sites is 2. The van der Waals surface area contributed by atoms with Crippen LogP contribution in [0.25, 0.3) is 21.9 Å². The van der Waals surface area contributed by atoms with E-state index in [-0.39, 0.29) is 6.04 Å². The molecule has 0 aliphatic carbocycles. The van der Waals surface area contributed by atoms with Crippen molar-refractivity contribution in [1.82, 2.24) is 19.5 Å². The van der Waals surface area contributed by atoms with E-state index in [1.165, 1.54) is 5.52 Å². The van der Waals surface area contributed by atoms with Gasteiger partial charge in [-0.05, 0) is 43.2 Å². The lowest BCUT2D eigenvalue weighted by Crippen LogP contribution is -2.26. The number of fused-ring (bicyclic) bond motifs is 2. The standard InChI is InChI=1S/C20H18BrN5/c1-25-17-6-3-2-5-16(17)24-20(25)18-7-4-10-26(18)19-14-11-13(21)8-9-15(14)22-12-23-19/h2-3,5-6,8-9,11-12,18H,4,7,10H2,1H3/t18-/m1/s1. The molecule has 1 aliphatic rings. The predicted molar refractivity (Wildman–Crippen MR) is 107 cm³/mol. The van der Waals surface area contributed by atoms with E-state index in [1.807, 2.05) is 18.2 Å². The second-order valence-corrected chi connectivity index (χ2v) is 7.64. The van der Waals surface area contributed by atoms with Crippen molar-refractivity contribution in [2.75, 3.05) is 11.4 Å². The number of anilines is 1. The number of halogens is 1. The molecular weight excluding hydrogens is 390 g/mol. The van der Waals surface area contributed by atoms with Gasteiger partial charge < -0.3 is 9.47 Å². The summed E-state index contributed by atoms with van der Waals surface area (Å²) in [6.07, 6.45) is 3.87. The highest BCUT2D eigenvalue weighted by Crippen LogP contribution is 2.38. The van der Waals surface area contributed by atoms with Gasteiger partial charge in [0.05, 0.1) is 22.6 Å². The highest BCUT2D eigenvalue weighted by atomic mass is 79.9. The quantitative estimate of drug-likeness (QED) is 0.486. The van der Waals surface area contributed by atoms with Crippen molar-refractivity contribution in [1.29, 1.82) is 0 Å². The Balaban J connectivity index is 1.65. The Morgan fingerprint density at radius 3 is 2.85 bits per heavy atom. The zero-order valence-electron chi connectivity index (χ0n) is 14.4. The lowest BCUT2D eigenvalue weighted by atomic mass is 10.2. The third-order valence-corrected chi connectivity index (χ3v) is 5.71. The first kappa shape index (κ1) is 15.8. The molecule has 26 heavy (non-hydrogen) atoms. The summed E-state index contributed by atoms with van der Waals surface area (Å²) in [6.45, 7) is 0.979. The van der Waals surface area contributed by atoms with Crippen LogP contribution in [-0.2, 0) is 7.05 Å². The van der Waals surface area contributed by atoms with Crippen LogP contribution in [0.2, 0.25) is 0 Å². The molecule has 0 bridgehead atoms. The normalized spacial score (nSPS) is 17.5. The lowest BCUT2D eigenvalue weighted by Gasteiger charge is -2.26. The third kappa shape index (κ3) is 2.40. The summed E-state index contributed by atoms with van der Waals surface area (Å²) in [5.41, 5.74) is 3.19. The molecule has 1 atom stereocenters. The topological polar surface area (TPSA) is 46.8 Å². The van der Waals surface area contributed by atoms with Gasteiger partial charge in [-0.2, -0.15) is 0 Å². The first-order valence-corrected chi connectivity index (χ1v) is 9.60. The van der Waals surface area contributed by atoms with Crippen molar-refractivity contribution >= 4 is 43.7 Å². The van der Waals surface area contributed by atoms with E-state index in [0.717, 1.165) is 51.9 Å². The number of nitrogens with zero attached hydrogens (tertiary/aromatic N) is 5. The summed E-state index contributed by atoms with van der Waals surface area (Å²) in [5, 5.41) is 1.08. The average molecular weight is 408 g/mol. The Morgan fingerprint density at radius 1 is 1.08 bits per heavy atom. The molecule has 0 radical (unpaired) electrons. The van der Waals surface area contributed by atoms with Crippen molar-refractivity contribution in [2.45, 2.75) is 18.9 Å². The van der Waals surface area contributed by atoms with Crippen LogP contribution in [0.1, 0.15) is 24.7 Å². The van der Waals surface area contributed by atoms with Crippen LogP contribution in [0.15, 0.2) is 53.3 Å². The van der Waals surface area contributed by atoms with Crippen molar-refractivity contribution in [3.63, 3.8) is 0 Å². The summed E-state index contributed by atoms with van der Waals surface area (Å²) in [4.78, 5) is 16.4. The molecule has 1 aliphatic heterocycles. The largest absolute Gasteiger partial charge is 0.346 e. The summed E-state index contributed by atoms with van der Waals surface area (Å²) in [7, 11) is 2.11. The predicted octanol–water partition coefficient (Wildman–Crippen LogP) is 4.62. The minimum absolute atomic E-state index is 0.226. The zero-order valence-corrected chi connectivity index (χ0v) is 16.0. The van der Waals surface area contributed by atoms with Crippen LogP contribution in [0.4, 0.5) is 5.82 Å². The van der Waals surface area contributed by atoms with Gasteiger partial charge in [0.2, 0.25) is 0 Å². The minimum atomic E-state index is 0.226.